The summed E-state index contributed by atoms with van der Waals surface area (Å²) >= 11 is 5.69. The highest BCUT2D eigenvalue weighted by molar-refractivity contribution is 6.19. The first kappa shape index (κ1) is 16.3. The summed E-state index contributed by atoms with van der Waals surface area (Å²) in [6, 6.07) is 6.06. The van der Waals surface area contributed by atoms with Gasteiger partial charge >= 0.3 is 0 Å². The van der Waals surface area contributed by atoms with Crippen LogP contribution in [0.5, 0.6) is 5.75 Å². The molecule has 0 heterocycles. The second kappa shape index (κ2) is 7.14. The maximum Gasteiger partial charge on any atom is 0.251 e. The smallest absolute Gasteiger partial charge is 0.251 e. The van der Waals surface area contributed by atoms with Crippen molar-refractivity contribution in [1.29, 1.82) is 0 Å². The molecular formula is C14H19ClN2O3. The first-order valence-electron chi connectivity index (χ1n) is 6.28. The molecule has 0 radical (unpaired) electrons. The minimum absolute atomic E-state index is 0.0369. The van der Waals surface area contributed by atoms with E-state index in [0.29, 0.717) is 18.7 Å². The number of halogens is 1. The molecular weight excluding hydrogens is 280 g/mol. The van der Waals surface area contributed by atoms with Gasteiger partial charge in [0, 0.05) is 24.5 Å². The molecule has 2 amide bonds. The van der Waals surface area contributed by atoms with Crippen molar-refractivity contribution in [3.63, 3.8) is 0 Å². The quantitative estimate of drug-likeness (QED) is 0.550. The maximum absolute atomic E-state index is 11.7. The molecule has 0 spiro atoms. The average molecular weight is 299 g/mol. The van der Waals surface area contributed by atoms with Gasteiger partial charge in [-0.25, -0.2) is 0 Å². The minimum atomic E-state index is -0.628. The Balaban J connectivity index is 2.35. The molecule has 1 aromatic rings. The second-order valence-electron chi connectivity index (χ2n) is 5.08. The Morgan fingerprint density at radius 1 is 1.25 bits per heavy atom. The summed E-state index contributed by atoms with van der Waals surface area (Å²) in [6.45, 7) is 4.13. The highest BCUT2D eigenvalue weighted by Gasteiger charge is 2.25. The van der Waals surface area contributed by atoms with E-state index in [1.807, 2.05) is 0 Å². The zero-order chi connectivity index (χ0) is 15.2. The van der Waals surface area contributed by atoms with E-state index in [1.165, 1.54) is 12.1 Å². The molecule has 0 aliphatic rings. The molecule has 0 saturated carbocycles. The third kappa shape index (κ3) is 4.74. The van der Waals surface area contributed by atoms with E-state index in [2.05, 4.69) is 10.6 Å². The summed E-state index contributed by atoms with van der Waals surface area (Å²) < 4.78 is 0. The van der Waals surface area contributed by atoms with Gasteiger partial charge in [-0.3, -0.25) is 9.59 Å². The summed E-state index contributed by atoms with van der Waals surface area (Å²) in [5.41, 5.74) is -0.256. The molecule has 1 rings (SSSR count). The Labute approximate surface area is 123 Å². The van der Waals surface area contributed by atoms with Gasteiger partial charge in [0.25, 0.3) is 5.91 Å². The van der Waals surface area contributed by atoms with Crippen molar-refractivity contribution >= 4 is 23.4 Å². The van der Waals surface area contributed by atoms with Crippen LogP contribution >= 0.6 is 11.6 Å². The molecule has 0 bridgehead atoms. The average Bonchev–Trinajstić information content (AvgIpc) is 2.42. The topological polar surface area (TPSA) is 78.4 Å². The van der Waals surface area contributed by atoms with Gasteiger partial charge in [0.05, 0.1) is 5.41 Å². The number of amides is 2. The zero-order valence-electron chi connectivity index (χ0n) is 11.6. The molecule has 0 saturated heterocycles. The van der Waals surface area contributed by atoms with Gasteiger partial charge in [-0.2, -0.15) is 0 Å². The molecule has 20 heavy (non-hydrogen) atoms. The van der Waals surface area contributed by atoms with Crippen LogP contribution in [0, 0.1) is 5.41 Å². The predicted molar refractivity (Wildman–Crippen MR) is 78.0 cm³/mol. The van der Waals surface area contributed by atoms with Crippen molar-refractivity contribution in [2.75, 3.05) is 19.0 Å². The number of aromatic hydroxyl groups is 1. The number of hydrogen-bond acceptors (Lipinski definition) is 3. The Hall–Kier alpha value is -1.75. The van der Waals surface area contributed by atoms with Gasteiger partial charge < -0.3 is 15.7 Å². The van der Waals surface area contributed by atoms with Gasteiger partial charge in [-0.1, -0.05) is 6.07 Å². The summed E-state index contributed by atoms with van der Waals surface area (Å²) in [7, 11) is 0. The molecule has 1 aromatic carbocycles. The standard InChI is InChI=1S/C14H19ClN2O3/c1-14(2,9-15)13(20)17-7-6-16-12(19)10-4-3-5-11(18)8-10/h3-5,8,18H,6-7,9H2,1-2H3,(H,16,19)(H,17,20). The summed E-state index contributed by atoms with van der Waals surface area (Å²) in [5, 5.41) is 14.6. The van der Waals surface area contributed by atoms with Gasteiger partial charge in [-0.15, -0.1) is 11.6 Å². The number of carbonyl (C=O) groups excluding carboxylic acids is 2. The minimum Gasteiger partial charge on any atom is -0.508 e. The van der Waals surface area contributed by atoms with E-state index in [1.54, 1.807) is 26.0 Å². The monoisotopic (exact) mass is 298 g/mol. The molecule has 0 aliphatic heterocycles. The Kier molecular flexibility index (Phi) is 5.82. The van der Waals surface area contributed by atoms with Crippen LogP contribution < -0.4 is 10.6 Å². The van der Waals surface area contributed by atoms with Crippen molar-refractivity contribution in [1.82, 2.24) is 10.6 Å². The molecule has 0 aromatic heterocycles. The summed E-state index contributed by atoms with van der Waals surface area (Å²) in [5.74, 6) is -0.185. The molecule has 6 heteroatoms. The number of phenols is 1. The fourth-order valence-electron chi connectivity index (χ4n) is 1.40. The van der Waals surface area contributed by atoms with Crippen LogP contribution in [-0.4, -0.2) is 35.9 Å². The van der Waals surface area contributed by atoms with Crippen LogP contribution in [-0.2, 0) is 4.79 Å². The number of benzene rings is 1. The highest BCUT2D eigenvalue weighted by Crippen LogP contribution is 2.16. The maximum atomic E-state index is 11.7. The van der Waals surface area contributed by atoms with Crippen LogP contribution in [0.1, 0.15) is 24.2 Å². The van der Waals surface area contributed by atoms with Crippen molar-refractivity contribution in [3.8, 4) is 5.75 Å². The van der Waals surface area contributed by atoms with E-state index < -0.39 is 5.41 Å². The fraction of sp³-hybridized carbons (Fsp3) is 0.429. The van der Waals surface area contributed by atoms with Gasteiger partial charge in [0.15, 0.2) is 0 Å². The Morgan fingerprint density at radius 3 is 2.50 bits per heavy atom. The van der Waals surface area contributed by atoms with Crippen molar-refractivity contribution in [2.45, 2.75) is 13.8 Å². The summed E-state index contributed by atoms with van der Waals surface area (Å²) in [4.78, 5) is 23.5. The molecule has 0 fully saturated rings. The van der Waals surface area contributed by atoms with Crippen LogP contribution in [0.4, 0.5) is 0 Å². The van der Waals surface area contributed by atoms with Crippen molar-refractivity contribution in [2.24, 2.45) is 5.41 Å². The van der Waals surface area contributed by atoms with E-state index >= 15 is 0 Å². The Bertz CT molecular complexity index is 489. The Morgan fingerprint density at radius 2 is 1.90 bits per heavy atom. The predicted octanol–water partition coefficient (Wildman–Crippen LogP) is 1.50. The third-order valence-electron chi connectivity index (χ3n) is 2.75. The van der Waals surface area contributed by atoms with Crippen LogP contribution in [0.15, 0.2) is 24.3 Å². The molecule has 5 nitrogen and oxygen atoms in total. The first-order chi connectivity index (χ1) is 9.36. The SMILES string of the molecule is CC(C)(CCl)C(=O)NCCNC(=O)c1cccc(O)c1. The van der Waals surface area contributed by atoms with E-state index in [0.717, 1.165) is 0 Å². The van der Waals surface area contributed by atoms with E-state index in [9.17, 15) is 14.7 Å². The van der Waals surface area contributed by atoms with Crippen molar-refractivity contribution in [3.05, 3.63) is 29.8 Å². The second-order valence-corrected chi connectivity index (χ2v) is 5.35. The normalized spacial score (nSPS) is 10.9. The van der Waals surface area contributed by atoms with Crippen LogP contribution in [0.2, 0.25) is 0 Å². The third-order valence-corrected chi connectivity index (χ3v) is 3.42. The van der Waals surface area contributed by atoms with Crippen LogP contribution in [0.3, 0.4) is 0 Å². The first-order valence-corrected chi connectivity index (χ1v) is 6.82. The number of hydrogen-bond donors (Lipinski definition) is 3. The van der Waals surface area contributed by atoms with E-state index in [4.69, 9.17) is 11.6 Å². The highest BCUT2D eigenvalue weighted by atomic mass is 35.5. The fourth-order valence-corrected chi connectivity index (χ4v) is 1.52. The lowest BCUT2D eigenvalue weighted by molar-refractivity contribution is -0.128. The van der Waals surface area contributed by atoms with Gasteiger partial charge in [0.1, 0.15) is 5.75 Å². The lowest BCUT2D eigenvalue weighted by Gasteiger charge is -2.20. The molecule has 0 aliphatic carbocycles. The van der Waals surface area contributed by atoms with Gasteiger partial charge in [-0.05, 0) is 32.0 Å². The lowest BCUT2D eigenvalue weighted by atomic mass is 9.95. The van der Waals surface area contributed by atoms with E-state index in [-0.39, 0.29) is 23.4 Å². The zero-order valence-corrected chi connectivity index (χ0v) is 12.3. The van der Waals surface area contributed by atoms with Crippen molar-refractivity contribution < 1.29 is 14.7 Å². The number of phenolic OH excluding ortho intramolecular Hbond substituents is 1. The largest absolute Gasteiger partial charge is 0.508 e. The van der Waals surface area contributed by atoms with Gasteiger partial charge in [0.2, 0.25) is 5.91 Å². The number of rotatable bonds is 6. The molecule has 0 unspecified atom stereocenters. The molecule has 3 N–H and O–H groups in total. The molecule has 0 atom stereocenters. The number of carbonyl (C=O) groups is 2. The van der Waals surface area contributed by atoms with Crippen LogP contribution in [0.25, 0.3) is 0 Å². The summed E-state index contributed by atoms with van der Waals surface area (Å²) in [6.07, 6.45) is 0. The number of nitrogens with one attached hydrogen (secondary N) is 2. The lowest BCUT2D eigenvalue weighted by Crippen LogP contribution is -2.41. The molecule has 110 valence electrons. The number of alkyl halides is 1.